The van der Waals surface area contributed by atoms with Gasteiger partial charge in [0.25, 0.3) is 0 Å². The lowest BCUT2D eigenvalue weighted by molar-refractivity contribution is 0.198. The highest BCUT2D eigenvalue weighted by molar-refractivity contribution is 6.29. The van der Waals surface area contributed by atoms with Gasteiger partial charge in [0, 0.05) is 5.39 Å². The number of fused-ring (bicyclic) bond motifs is 1. The Balaban J connectivity index is 2.34. The van der Waals surface area contributed by atoms with E-state index in [0.717, 1.165) is 5.39 Å². The third kappa shape index (κ3) is 1.96. The van der Waals surface area contributed by atoms with Crippen LogP contribution in [0.4, 0.5) is 4.79 Å². The fraction of sp³-hybridized carbons (Fsp3) is 0. The quantitative estimate of drug-likeness (QED) is 0.684. The topological polar surface area (TPSA) is 55.1 Å². The zero-order valence-electron chi connectivity index (χ0n) is 9.75. The Morgan fingerprint density at radius 2 is 1.95 bits per heavy atom. The van der Waals surface area contributed by atoms with Gasteiger partial charge < -0.3 is 5.11 Å². The van der Waals surface area contributed by atoms with E-state index in [1.54, 1.807) is 36.4 Å². The summed E-state index contributed by atoms with van der Waals surface area (Å²) in [5.41, 5.74) is 1.68. The van der Waals surface area contributed by atoms with Crippen molar-refractivity contribution >= 4 is 28.6 Å². The van der Waals surface area contributed by atoms with Crippen LogP contribution >= 0.6 is 11.6 Å². The Morgan fingerprint density at radius 1 is 1.16 bits per heavy atom. The fourth-order valence-electron chi connectivity index (χ4n) is 2.10. The highest BCUT2D eigenvalue weighted by Crippen LogP contribution is 2.27. The van der Waals surface area contributed by atoms with Crippen molar-refractivity contribution in [2.24, 2.45) is 0 Å². The summed E-state index contributed by atoms with van der Waals surface area (Å²) >= 11 is 5.86. The summed E-state index contributed by atoms with van der Waals surface area (Å²) in [4.78, 5) is 15.6. The summed E-state index contributed by atoms with van der Waals surface area (Å²) in [5.74, 6) is 0. The highest BCUT2D eigenvalue weighted by atomic mass is 35.5. The molecule has 1 aromatic carbocycles. The molecule has 2 aromatic heterocycles. The Kier molecular flexibility index (Phi) is 2.72. The molecule has 0 radical (unpaired) electrons. The van der Waals surface area contributed by atoms with Gasteiger partial charge in [0.2, 0.25) is 0 Å². The van der Waals surface area contributed by atoms with Crippen LogP contribution in [-0.4, -0.2) is 20.8 Å². The molecular formula is C14H9ClN2O2. The number of rotatable bonds is 1. The number of nitrogens with zero attached hydrogens (tertiary/aromatic N) is 2. The molecule has 1 N–H and O–H groups in total. The average Bonchev–Trinajstić information content (AvgIpc) is 2.78. The van der Waals surface area contributed by atoms with Crippen LogP contribution in [0.5, 0.6) is 0 Å². The van der Waals surface area contributed by atoms with Gasteiger partial charge in [-0.25, -0.2) is 14.3 Å². The Bertz CT molecular complexity index is 780. The SMILES string of the molecule is O=C(O)n1c(-c2cccc(Cl)n2)cc2ccccc21. The van der Waals surface area contributed by atoms with Crippen LogP contribution in [0, 0.1) is 0 Å². The Hall–Kier alpha value is -2.33. The van der Waals surface area contributed by atoms with E-state index in [1.807, 2.05) is 12.1 Å². The van der Waals surface area contributed by atoms with Crippen LogP contribution in [0.3, 0.4) is 0 Å². The van der Waals surface area contributed by atoms with E-state index in [2.05, 4.69) is 4.98 Å². The lowest BCUT2D eigenvalue weighted by Gasteiger charge is -2.04. The van der Waals surface area contributed by atoms with Crippen LogP contribution < -0.4 is 0 Å². The van der Waals surface area contributed by atoms with Crippen LogP contribution in [0.1, 0.15) is 0 Å². The molecule has 19 heavy (non-hydrogen) atoms. The average molecular weight is 273 g/mol. The van der Waals surface area contributed by atoms with Crippen molar-refractivity contribution in [3.8, 4) is 11.4 Å². The van der Waals surface area contributed by atoms with Crippen LogP contribution in [0.25, 0.3) is 22.3 Å². The molecule has 0 bridgehead atoms. The lowest BCUT2D eigenvalue weighted by Crippen LogP contribution is -2.09. The van der Waals surface area contributed by atoms with Gasteiger partial charge in [-0.1, -0.05) is 35.9 Å². The summed E-state index contributed by atoms with van der Waals surface area (Å²) in [5, 5.41) is 10.6. The molecule has 0 amide bonds. The van der Waals surface area contributed by atoms with E-state index in [0.29, 0.717) is 22.1 Å². The zero-order chi connectivity index (χ0) is 13.4. The number of para-hydroxylation sites is 1. The maximum Gasteiger partial charge on any atom is 0.416 e. The van der Waals surface area contributed by atoms with Crippen LogP contribution in [-0.2, 0) is 0 Å². The first-order valence-corrected chi connectivity index (χ1v) is 6.01. The minimum atomic E-state index is -1.04. The van der Waals surface area contributed by atoms with E-state index < -0.39 is 6.09 Å². The number of hydrogen-bond acceptors (Lipinski definition) is 2. The lowest BCUT2D eigenvalue weighted by atomic mass is 10.2. The molecule has 0 saturated heterocycles. The standard InChI is InChI=1S/C14H9ClN2O2/c15-13-7-3-5-10(16-13)12-8-9-4-1-2-6-11(9)17(12)14(18)19/h1-8H,(H,18,19). The van der Waals surface area contributed by atoms with Crippen molar-refractivity contribution in [1.29, 1.82) is 0 Å². The molecule has 0 fully saturated rings. The smallest absolute Gasteiger partial charge is 0.416 e. The predicted molar refractivity (Wildman–Crippen MR) is 73.6 cm³/mol. The Morgan fingerprint density at radius 3 is 2.68 bits per heavy atom. The van der Waals surface area contributed by atoms with Crippen LogP contribution in [0.2, 0.25) is 5.15 Å². The molecule has 4 nitrogen and oxygen atoms in total. The van der Waals surface area contributed by atoms with Gasteiger partial charge in [0.1, 0.15) is 5.15 Å². The number of carbonyl (C=O) groups is 1. The van der Waals surface area contributed by atoms with E-state index in [9.17, 15) is 9.90 Å². The van der Waals surface area contributed by atoms with Crippen molar-refractivity contribution in [3.63, 3.8) is 0 Å². The fourth-order valence-corrected chi connectivity index (χ4v) is 2.26. The number of benzene rings is 1. The first-order chi connectivity index (χ1) is 9.16. The molecule has 0 aliphatic carbocycles. The van der Waals surface area contributed by atoms with E-state index in [-0.39, 0.29) is 0 Å². The monoisotopic (exact) mass is 272 g/mol. The van der Waals surface area contributed by atoms with Crippen molar-refractivity contribution in [3.05, 3.63) is 53.7 Å². The molecule has 0 aliphatic rings. The van der Waals surface area contributed by atoms with Gasteiger partial charge >= 0.3 is 6.09 Å². The summed E-state index contributed by atoms with van der Waals surface area (Å²) < 4.78 is 1.22. The molecule has 3 rings (SSSR count). The molecule has 5 heteroatoms. The maximum atomic E-state index is 11.5. The predicted octanol–water partition coefficient (Wildman–Crippen LogP) is 3.88. The molecule has 0 spiro atoms. The van der Waals surface area contributed by atoms with Crippen LogP contribution in [0.15, 0.2) is 48.5 Å². The summed E-state index contributed by atoms with van der Waals surface area (Å²) in [6, 6.07) is 14.2. The first kappa shape index (κ1) is 11.7. The van der Waals surface area contributed by atoms with Gasteiger partial charge in [-0.3, -0.25) is 0 Å². The van der Waals surface area contributed by atoms with Gasteiger partial charge in [-0.15, -0.1) is 0 Å². The maximum absolute atomic E-state index is 11.5. The second-order valence-corrected chi connectivity index (χ2v) is 4.44. The first-order valence-electron chi connectivity index (χ1n) is 5.63. The second-order valence-electron chi connectivity index (χ2n) is 4.05. The third-order valence-electron chi connectivity index (χ3n) is 2.88. The van der Waals surface area contributed by atoms with Gasteiger partial charge in [-0.2, -0.15) is 0 Å². The van der Waals surface area contributed by atoms with Crippen molar-refractivity contribution in [2.75, 3.05) is 0 Å². The summed E-state index contributed by atoms with van der Waals surface area (Å²) in [6.45, 7) is 0. The molecule has 0 atom stereocenters. The number of halogens is 1. The van der Waals surface area contributed by atoms with Gasteiger partial charge in [-0.05, 0) is 24.3 Å². The normalized spacial score (nSPS) is 10.8. The molecular weight excluding hydrogens is 264 g/mol. The summed E-state index contributed by atoms with van der Waals surface area (Å²) in [7, 11) is 0. The minimum absolute atomic E-state index is 0.333. The minimum Gasteiger partial charge on any atom is -0.464 e. The molecule has 94 valence electrons. The largest absolute Gasteiger partial charge is 0.464 e. The van der Waals surface area contributed by atoms with Crippen molar-refractivity contribution < 1.29 is 9.90 Å². The number of aromatic nitrogens is 2. The third-order valence-corrected chi connectivity index (χ3v) is 3.09. The molecule has 2 heterocycles. The molecule has 0 unspecified atom stereocenters. The second kappa shape index (κ2) is 4.40. The Labute approximate surface area is 113 Å². The van der Waals surface area contributed by atoms with Crippen molar-refractivity contribution in [1.82, 2.24) is 9.55 Å². The molecule has 0 saturated carbocycles. The van der Waals surface area contributed by atoms with Gasteiger partial charge in [0.15, 0.2) is 0 Å². The highest BCUT2D eigenvalue weighted by Gasteiger charge is 2.16. The van der Waals surface area contributed by atoms with E-state index in [4.69, 9.17) is 11.6 Å². The molecule has 0 aliphatic heterocycles. The zero-order valence-corrected chi connectivity index (χ0v) is 10.5. The number of carboxylic acid groups (broad SMARTS) is 1. The number of pyridine rings is 1. The molecule has 3 aromatic rings. The van der Waals surface area contributed by atoms with E-state index >= 15 is 0 Å². The van der Waals surface area contributed by atoms with Gasteiger partial charge in [0.05, 0.1) is 16.9 Å². The van der Waals surface area contributed by atoms with Crippen molar-refractivity contribution in [2.45, 2.75) is 0 Å². The summed E-state index contributed by atoms with van der Waals surface area (Å²) in [6.07, 6.45) is -1.04. The van der Waals surface area contributed by atoms with E-state index in [1.165, 1.54) is 4.57 Å². The number of hydrogen-bond donors (Lipinski definition) is 1.